The summed E-state index contributed by atoms with van der Waals surface area (Å²) in [5.41, 5.74) is 8.34. The lowest BCUT2D eigenvalue weighted by Crippen LogP contribution is -2.29. The lowest BCUT2D eigenvalue weighted by molar-refractivity contribution is -0.126. The Morgan fingerprint density at radius 2 is 1.24 bits per heavy atom. The molecule has 0 aromatic rings. The van der Waals surface area contributed by atoms with E-state index >= 15 is 0 Å². The van der Waals surface area contributed by atoms with Gasteiger partial charge in [-0.2, -0.15) is 0 Å². The van der Waals surface area contributed by atoms with Crippen molar-refractivity contribution in [2.75, 3.05) is 0 Å². The molecule has 3 heteroatoms. The van der Waals surface area contributed by atoms with Crippen LogP contribution in [-0.4, -0.2) is 11.8 Å². The third-order valence-electron chi connectivity index (χ3n) is 7.62. The molecule has 2 amide bonds. The van der Waals surface area contributed by atoms with Gasteiger partial charge in [0.15, 0.2) is 0 Å². The van der Waals surface area contributed by atoms with Crippen LogP contribution in [0.15, 0.2) is 69.9 Å². The van der Waals surface area contributed by atoms with E-state index in [1.165, 1.54) is 33.4 Å². The number of fused-ring (bicyclic) bond motifs is 1. The highest BCUT2D eigenvalue weighted by atomic mass is 16.2. The number of amides is 2. The van der Waals surface area contributed by atoms with E-state index in [0.29, 0.717) is 0 Å². The first-order valence-electron chi connectivity index (χ1n) is 14.3. The van der Waals surface area contributed by atoms with Gasteiger partial charge in [0.1, 0.15) is 0 Å². The maximum absolute atomic E-state index is 12.6. The minimum Gasteiger partial charge on any atom is -0.296 e. The van der Waals surface area contributed by atoms with Gasteiger partial charge in [0, 0.05) is 0 Å². The van der Waals surface area contributed by atoms with Crippen molar-refractivity contribution in [1.29, 1.82) is 0 Å². The second-order valence-electron chi connectivity index (χ2n) is 11.8. The summed E-state index contributed by atoms with van der Waals surface area (Å²) in [6.45, 7) is 15.2. The van der Waals surface area contributed by atoms with Gasteiger partial charge < -0.3 is 0 Å². The molecule has 1 fully saturated rings. The van der Waals surface area contributed by atoms with E-state index in [1.807, 2.05) is 0 Å². The van der Waals surface area contributed by atoms with Gasteiger partial charge in [-0.1, -0.05) is 69.9 Å². The minimum absolute atomic E-state index is 0.0755. The molecule has 0 aromatic carbocycles. The molecule has 0 radical (unpaired) electrons. The Hall–Kier alpha value is -2.42. The summed E-state index contributed by atoms with van der Waals surface area (Å²) in [4.78, 5) is 25.1. The van der Waals surface area contributed by atoms with E-state index in [-0.39, 0.29) is 29.6 Å². The van der Waals surface area contributed by atoms with Crippen LogP contribution in [0.1, 0.15) is 113 Å². The van der Waals surface area contributed by atoms with Gasteiger partial charge in [0.2, 0.25) is 11.8 Å². The molecule has 0 saturated carbocycles. The standard InChI is InChI=1S/C34H51NO2/c1-24(2)12-8-14-26(5)16-10-17-28(7)20-21-30-22-29(23-31-32(30)34(37)35-33(31)36)19-11-18-27(6)15-9-13-25(3)4/h12-13,16,18,20,22,30-32H,8-11,14-15,17,19,21,23H2,1-7H3,(H,35,36,37)/b26-16+,27-18+,28-20+. The van der Waals surface area contributed by atoms with Crippen molar-refractivity contribution < 1.29 is 9.59 Å². The van der Waals surface area contributed by atoms with Gasteiger partial charge in [0.25, 0.3) is 0 Å². The second kappa shape index (κ2) is 15.7. The molecule has 204 valence electrons. The summed E-state index contributed by atoms with van der Waals surface area (Å²) in [5, 5.41) is 2.61. The summed E-state index contributed by atoms with van der Waals surface area (Å²) in [7, 11) is 0. The third kappa shape index (κ3) is 11.2. The number of hydrogen-bond donors (Lipinski definition) is 1. The number of allylic oxidation sites excluding steroid dienone is 12. The fourth-order valence-electron chi connectivity index (χ4n) is 5.38. The van der Waals surface area contributed by atoms with Gasteiger partial charge in [-0.05, 0) is 119 Å². The molecule has 0 bridgehead atoms. The summed E-state index contributed by atoms with van der Waals surface area (Å²) >= 11 is 0. The van der Waals surface area contributed by atoms with Crippen LogP contribution in [-0.2, 0) is 9.59 Å². The van der Waals surface area contributed by atoms with Crippen LogP contribution in [0, 0.1) is 17.8 Å². The molecule has 37 heavy (non-hydrogen) atoms. The Balaban J connectivity index is 1.96. The molecular weight excluding hydrogens is 454 g/mol. The monoisotopic (exact) mass is 505 g/mol. The van der Waals surface area contributed by atoms with E-state index in [2.05, 4.69) is 90.2 Å². The summed E-state index contributed by atoms with van der Waals surface area (Å²) in [6.07, 6.45) is 24.0. The predicted octanol–water partition coefficient (Wildman–Crippen LogP) is 9.10. The van der Waals surface area contributed by atoms with Crippen LogP contribution in [0.5, 0.6) is 0 Å². The fourth-order valence-corrected chi connectivity index (χ4v) is 5.38. The highest BCUT2D eigenvalue weighted by molar-refractivity contribution is 6.05. The number of nitrogens with one attached hydrogen (secondary N) is 1. The quantitative estimate of drug-likeness (QED) is 0.189. The predicted molar refractivity (Wildman–Crippen MR) is 158 cm³/mol. The van der Waals surface area contributed by atoms with Crippen LogP contribution >= 0.6 is 0 Å². The number of carbonyl (C=O) groups excluding carboxylic acids is 2. The van der Waals surface area contributed by atoms with E-state index < -0.39 is 0 Å². The molecule has 1 aliphatic heterocycles. The van der Waals surface area contributed by atoms with Crippen molar-refractivity contribution in [3.63, 3.8) is 0 Å². The topological polar surface area (TPSA) is 46.2 Å². The normalized spacial score (nSPS) is 22.4. The van der Waals surface area contributed by atoms with E-state index in [4.69, 9.17) is 0 Å². The Morgan fingerprint density at radius 1 is 0.730 bits per heavy atom. The Kier molecular flexibility index (Phi) is 13.1. The Morgan fingerprint density at radius 3 is 1.81 bits per heavy atom. The zero-order chi connectivity index (χ0) is 27.4. The van der Waals surface area contributed by atoms with Crippen molar-refractivity contribution in [2.45, 2.75) is 113 Å². The molecule has 3 atom stereocenters. The molecule has 2 rings (SSSR count). The lowest BCUT2D eigenvalue weighted by atomic mass is 9.72. The zero-order valence-electron chi connectivity index (χ0n) is 24.6. The van der Waals surface area contributed by atoms with Crippen molar-refractivity contribution in [3.05, 3.63) is 69.9 Å². The Labute approximate surface area is 227 Å². The van der Waals surface area contributed by atoms with Crippen LogP contribution in [0.2, 0.25) is 0 Å². The van der Waals surface area contributed by atoms with Gasteiger partial charge >= 0.3 is 0 Å². The van der Waals surface area contributed by atoms with Crippen LogP contribution in [0.25, 0.3) is 0 Å². The number of hydrogen-bond acceptors (Lipinski definition) is 2. The molecule has 1 saturated heterocycles. The third-order valence-corrected chi connectivity index (χ3v) is 7.62. The largest absolute Gasteiger partial charge is 0.296 e. The first-order valence-corrected chi connectivity index (χ1v) is 14.3. The highest BCUT2D eigenvalue weighted by Crippen LogP contribution is 2.41. The van der Waals surface area contributed by atoms with Crippen molar-refractivity contribution >= 4 is 11.8 Å². The summed E-state index contributed by atoms with van der Waals surface area (Å²) < 4.78 is 0. The average molecular weight is 506 g/mol. The molecule has 1 N–H and O–H groups in total. The fraction of sp³-hybridized carbons (Fsp3) is 0.588. The van der Waals surface area contributed by atoms with E-state index in [0.717, 1.165) is 64.2 Å². The summed E-state index contributed by atoms with van der Waals surface area (Å²) in [5.74, 6) is -0.446. The van der Waals surface area contributed by atoms with Crippen molar-refractivity contribution in [1.82, 2.24) is 5.32 Å². The first-order chi connectivity index (χ1) is 17.6. The van der Waals surface area contributed by atoms with Crippen LogP contribution < -0.4 is 5.32 Å². The minimum atomic E-state index is -0.209. The maximum Gasteiger partial charge on any atom is 0.231 e. The lowest BCUT2D eigenvalue weighted by Gasteiger charge is -2.29. The number of imide groups is 1. The Bertz CT molecular complexity index is 977. The van der Waals surface area contributed by atoms with Gasteiger partial charge in [-0.25, -0.2) is 0 Å². The maximum atomic E-state index is 12.6. The van der Waals surface area contributed by atoms with Gasteiger partial charge in [0.05, 0.1) is 11.8 Å². The van der Waals surface area contributed by atoms with Crippen molar-refractivity contribution in [3.8, 4) is 0 Å². The van der Waals surface area contributed by atoms with Gasteiger partial charge in [-0.3, -0.25) is 14.9 Å². The number of carbonyl (C=O) groups is 2. The molecule has 0 spiro atoms. The van der Waals surface area contributed by atoms with Crippen LogP contribution in [0.3, 0.4) is 0 Å². The molecule has 3 nitrogen and oxygen atoms in total. The van der Waals surface area contributed by atoms with Crippen molar-refractivity contribution in [2.24, 2.45) is 17.8 Å². The second-order valence-corrected chi connectivity index (χ2v) is 11.8. The zero-order valence-corrected chi connectivity index (χ0v) is 24.6. The highest BCUT2D eigenvalue weighted by Gasteiger charge is 2.47. The molecule has 3 unspecified atom stereocenters. The molecule has 1 aliphatic carbocycles. The van der Waals surface area contributed by atoms with Crippen LogP contribution in [0.4, 0.5) is 0 Å². The SMILES string of the molecule is CC(C)=CCC/C(C)=C/CCC1=CC(C/C=C(\C)CC/C=C(\C)CCC=C(C)C)C2C(=O)NC(=O)C2C1. The van der Waals surface area contributed by atoms with E-state index in [9.17, 15) is 9.59 Å². The number of rotatable bonds is 14. The van der Waals surface area contributed by atoms with E-state index in [1.54, 1.807) is 0 Å². The van der Waals surface area contributed by atoms with Gasteiger partial charge in [-0.15, -0.1) is 0 Å². The molecular formula is C34H51NO2. The first kappa shape index (κ1) is 30.8. The smallest absolute Gasteiger partial charge is 0.231 e. The average Bonchev–Trinajstić information content (AvgIpc) is 3.10. The molecule has 1 heterocycles. The molecule has 2 aliphatic rings. The summed E-state index contributed by atoms with van der Waals surface area (Å²) in [6, 6.07) is 0. The molecule has 0 aromatic heterocycles.